The molecule has 0 radical (unpaired) electrons. The van der Waals surface area contributed by atoms with Crippen molar-refractivity contribution in [1.82, 2.24) is 0 Å². The van der Waals surface area contributed by atoms with Gasteiger partial charge in [0.1, 0.15) is 5.75 Å². The highest BCUT2D eigenvalue weighted by Gasteiger charge is 2.15. The van der Waals surface area contributed by atoms with Crippen molar-refractivity contribution in [1.29, 1.82) is 0 Å². The summed E-state index contributed by atoms with van der Waals surface area (Å²) < 4.78 is 0. The molecule has 0 aliphatic carbocycles. The van der Waals surface area contributed by atoms with E-state index in [-0.39, 0.29) is 17.0 Å². The normalized spacial score (nSPS) is 16.8. The summed E-state index contributed by atoms with van der Waals surface area (Å²) in [6.45, 7) is 6.33. The van der Waals surface area contributed by atoms with Gasteiger partial charge in [0, 0.05) is 5.71 Å². The van der Waals surface area contributed by atoms with Crippen LogP contribution in [0.25, 0.3) is 6.08 Å². The van der Waals surface area contributed by atoms with Crippen LogP contribution in [0.3, 0.4) is 0 Å². The third kappa shape index (κ3) is 2.91. The van der Waals surface area contributed by atoms with Gasteiger partial charge >= 0.3 is 0 Å². The second-order valence-corrected chi connectivity index (χ2v) is 4.28. The highest BCUT2D eigenvalue weighted by molar-refractivity contribution is 8.93. The molecule has 18 heavy (non-hydrogen) atoms. The van der Waals surface area contributed by atoms with Gasteiger partial charge in [-0.1, -0.05) is 19.1 Å². The lowest BCUT2D eigenvalue weighted by atomic mass is 10.0. The molecule has 96 valence electrons. The van der Waals surface area contributed by atoms with Gasteiger partial charge in [0.25, 0.3) is 0 Å². The molecule has 0 spiro atoms. The van der Waals surface area contributed by atoms with Gasteiger partial charge in [-0.05, 0) is 55.2 Å². The number of hydrogen-bond donors (Lipinski definition) is 1. The maximum absolute atomic E-state index is 9.23. The Morgan fingerprint density at radius 1 is 1.17 bits per heavy atom. The Hall–Kier alpha value is -1.35. The zero-order chi connectivity index (χ0) is 12.4. The molecule has 1 aliphatic heterocycles. The minimum atomic E-state index is 0. The third-order valence-electron chi connectivity index (χ3n) is 3.11. The fourth-order valence-corrected chi connectivity index (χ4v) is 2.15. The van der Waals surface area contributed by atoms with Gasteiger partial charge in [0.15, 0.2) is 0 Å². The largest absolute Gasteiger partial charge is 0.508 e. The standard InChI is InChI=1S/C15H17NO.BrH/c1-4-14-10(2)15(16-11(14)3)9-12-5-7-13(17)8-6-12;/h5-9,17H,4H2,1-3H3;1H. The molecule has 1 heterocycles. The summed E-state index contributed by atoms with van der Waals surface area (Å²) in [5, 5.41) is 9.23. The summed E-state index contributed by atoms with van der Waals surface area (Å²) in [5.41, 5.74) is 5.82. The summed E-state index contributed by atoms with van der Waals surface area (Å²) in [4.78, 5) is 4.58. The number of allylic oxidation sites excluding steroid dienone is 2. The minimum absolute atomic E-state index is 0. The van der Waals surface area contributed by atoms with Crippen molar-refractivity contribution in [3.63, 3.8) is 0 Å². The van der Waals surface area contributed by atoms with Crippen molar-refractivity contribution < 1.29 is 5.11 Å². The first kappa shape index (κ1) is 14.7. The lowest BCUT2D eigenvalue weighted by Crippen LogP contribution is -1.91. The van der Waals surface area contributed by atoms with Crippen LogP contribution in [-0.2, 0) is 0 Å². The van der Waals surface area contributed by atoms with E-state index in [0.717, 1.165) is 23.4 Å². The zero-order valence-electron chi connectivity index (χ0n) is 10.9. The van der Waals surface area contributed by atoms with Crippen LogP contribution in [0.5, 0.6) is 5.75 Å². The van der Waals surface area contributed by atoms with E-state index >= 15 is 0 Å². The number of halogens is 1. The van der Waals surface area contributed by atoms with Crippen molar-refractivity contribution in [2.75, 3.05) is 0 Å². The predicted molar refractivity (Wildman–Crippen MR) is 82.5 cm³/mol. The van der Waals surface area contributed by atoms with Crippen LogP contribution in [0, 0.1) is 0 Å². The zero-order valence-corrected chi connectivity index (χ0v) is 12.6. The van der Waals surface area contributed by atoms with Gasteiger partial charge in [-0.15, -0.1) is 17.0 Å². The van der Waals surface area contributed by atoms with E-state index < -0.39 is 0 Å². The molecule has 1 aromatic rings. The topological polar surface area (TPSA) is 32.6 Å². The maximum Gasteiger partial charge on any atom is 0.115 e. The first-order valence-corrected chi connectivity index (χ1v) is 5.88. The van der Waals surface area contributed by atoms with E-state index in [4.69, 9.17) is 0 Å². The van der Waals surface area contributed by atoms with Crippen LogP contribution in [0.2, 0.25) is 0 Å². The lowest BCUT2D eigenvalue weighted by Gasteiger charge is -2.00. The van der Waals surface area contributed by atoms with E-state index in [9.17, 15) is 5.11 Å². The van der Waals surface area contributed by atoms with Crippen molar-refractivity contribution in [3.8, 4) is 5.75 Å². The number of phenolic OH excluding ortho intramolecular Hbond substituents is 1. The number of nitrogens with zero attached hydrogens (tertiary/aromatic N) is 1. The Kier molecular flexibility index (Phi) is 4.91. The van der Waals surface area contributed by atoms with Crippen LogP contribution in [0.4, 0.5) is 0 Å². The number of benzene rings is 1. The molecule has 0 bridgehead atoms. The van der Waals surface area contributed by atoms with E-state index in [0.29, 0.717) is 5.75 Å². The highest BCUT2D eigenvalue weighted by atomic mass is 79.9. The average molecular weight is 308 g/mol. The van der Waals surface area contributed by atoms with E-state index in [1.165, 1.54) is 11.1 Å². The molecule has 0 atom stereocenters. The van der Waals surface area contributed by atoms with Gasteiger partial charge < -0.3 is 5.11 Å². The van der Waals surface area contributed by atoms with Gasteiger partial charge in [-0.25, -0.2) is 0 Å². The number of rotatable bonds is 2. The number of hydrogen-bond acceptors (Lipinski definition) is 2. The van der Waals surface area contributed by atoms with Crippen molar-refractivity contribution in [3.05, 3.63) is 46.7 Å². The van der Waals surface area contributed by atoms with Crippen molar-refractivity contribution >= 4 is 28.8 Å². The highest BCUT2D eigenvalue weighted by Crippen LogP contribution is 2.28. The van der Waals surface area contributed by atoms with E-state index in [1.54, 1.807) is 12.1 Å². The molecule has 0 unspecified atom stereocenters. The molecule has 1 aliphatic rings. The van der Waals surface area contributed by atoms with E-state index in [1.807, 2.05) is 12.1 Å². The number of aliphatic imine (C=N–C) groups is 1. The number of aromatic hydroxyl groups is 1. The van der Waals surface area contributed by atoms with Crippen LogP contribution in [0.1, 0.15) is 32.8 Å². The average Bonchev–Trinajstić information content (AvgIpc) is 2.57. The summed E-state index contributed by atoms with van der Waals surface area (Å²) in [6.07, 6.45) is 3.08. The fraction of sp³-hybridized carbons (Fsp3) is 0.267. The minimum Gasteiger partial charge on any atom is -0.508 e. The Morgan fingerprint density at radius 2 is 1.78 bits per heavy atom. The van der Waals surface area contributed by atoms with Crippen LogP contribution >= 0.6 is 17.0 Å². The lowest BCUT2D eigenvalue weighted by molar-refractivity contribution is 0.475. The quantitative estimate of drug-likeness (QED) is 0.856. The molecular formula is C15H18BrNO. The first-order valence-electron chi connectivity index (χ1n) is 5.88. The van der Waals surface area contributed by atoms with Crippen LogP contribution < -0.4 is 0 Å². The Labute approximate surface area is 119 Å². The van der Waals surface area contributed by atoms with Gasteiger partial charge in [-0.2, -0.15) is 0 Å². The molecule has 0 amide bonds. The molecule has 1 aromatic carbocycles. The van der Waals surface area contributed by atoms with Gasteiger partial charge in [0.2, 0.25) is 0 Å². The van der Waals surface area contributed by atoms with Crippen molar-refractivity contribution in [2.24, 2.45) is 4.99 Å². The van der Waals surface area contributed by atoms with Crippen LogP contribution in [0.15, 0.2) is 46.1 Å². The monoisotopic (exact) mass is 307 g/mol. The summed E-state index contributed by atoms with van der Waals surface area (Å²) in [6, 6.07) is 7.17. The maximum atomic E-state index is 9.23. The summed E-state index contributed by atoms with van der Waals surface area (Å²) in [5.74, 6) is 0.291. The van der Waals surface area contributed by atoms with Crippen LogP contribution in [-0.4, -0.2) is 10.8 Å². The van der Waals surface area contributed by atoms with Gasteiger partial charge in [0.05, 0.1) is 5.70 Å². The molecule has 2 rings (SSSR count). The third-order valence-corrected chi connectivity index (χ3v) is 3.11. The van der Waals surface area contributed by atoms with Gasteiger partial charge in [-0.3, -0.25) is 4.99 Å². The first-order chi connectivity index (χ1) is 8.11. The molecular weight excluding hydrogens is 290 g/mol. The Bertz CT molecular complexity index is 524. The SMILES string of the molecule is Br.CCC1=C(C)C(=Cc2ccc(O)cc2)N=C1C. The number of phenols is 1. The second kappa shape index (κ2) is 6.01. The molecule has 0 saturated heterocycles. The molecule has 3 heteroatoms. The van der Waals surface area contributed by atoms with E-state index in [2.05, 4.69) is 31.8 Å². The van der Waals surface area contributed by atoms with Crippen molar-refractivity contribution in [2.45, 2.75) is 27.2 Å². The Balaban J connectivity index is 0.00000162. The Morgan fingerprint density at radius 3 is 2.28 bits per heavy atom. The molecule has 0 aromatic heterocycles. The second-order valence-electron chi connectivity index (χ2n) is 4.28. The smallest absolute Gasteiger partial charge is 0.115 e. The summed E-state index contributed by atoms with van der Waals surface area (Å²) >= 11 is 0. The molecule has 0 saturated carbocycles. The summed E-state index contributed by atoms with van der Waals surface area (Å²) in [7, 11) is 0. The predicted octanol–water partition coefficient (Wildman–Crippen LogP) is 4.51. The molecule has 2 nitrogen and oxygen atoms in total. The molecule has 1 N–H and O–H groups in total. The fourth-order valence-electron chi connectivity index (χ4n) is 2.15. The molecule has 0 fully saturated rings.